The molecule has 2 fully saturated rings. The van der Waals surface area contributed by atoms with Gasteiger partial charge in [0.25, 0.3) is 0 Å². The van der Waals surface area contributed by atoms with Crippen LogP contribution in [-0.2, 0) is 11.2 Å². The van der Waals surface area contributed by atoms with E-state index in [-0.39, 0.29) is 18.0 Å². The molecule has 5 heteroatoms. The number of hydrogen-bond acceptors (Lipinski definition) is 3. The highest BCUT2D eigenvalue weighted by atomic mass is 35.5. The fourth-order valence-electron chi connectivity index (χ4n) is 5.33. The number of ether oxygens (including phenoxy) is 1. The van der Waals surface area contributed by atoms with E-state index in [1.165, 1.54) is 27.6 Å². The third kappa shape index (κ3) is 3.65. The number of aryl methyl sites for hydroxylation is 2. The summed E-state index contributed by atoms with van der Waals surface area (Å²) in [7, 11) is 0. The van der Waals surface area contributed by atoms with Crippen LogP contribution < -0.4 is 4.74 Å². The van der Waals surface area contributed by atoms with Crippen LogP contribution in [0.3, 0.4) is 0 Å². The van der Waals surface area contributed by atoms with Crippen molar-refractivity contribution >= 4 is 29.2 Å². The van der Waals surface area contributed by atoms with Crippen molar-refractivity contribution in [3.05, 3.63) is 59.8 Å². The van der Waals surface area contributed by atoms with Gasteiger partial charge >= 0.3 is 0 Å². The van der Waals surface area contributed by atoms with E-state index in [4.69, 9.17) is 4.74 Å². The van der Waals surface area contributed by atoms with Crippen molar-refractivity contribution in [2.45, 2.75) is 51.0 Å². The van der Waals surface area contributed by atoms with E-state index in [0.29, 0.717) is 11.8 Å². The first-order valence-electron chi connectivity index (χ1n) is 11.6. The van der Waals surface area contributed by atoms with Crippen LogP contribution in [0, 0.1) is 12.8 Å². The monoisotopic (exact) mass is 448 g/mol. The summed E-state index contributed by atoms with van der Waals surface area (Å²) in [6.07, 6.45) is 8.11. The number of piperidine rings is 1. The van der Waals surface area contributed by atoms with Crippen LogP contribution in [0.1, 0.15) is 43.2 Å². The van der Waals surface area contributed by atoms with Gasteiger partial charge in [0.2, 0.25) is 5.91 Å². The van der Waals surface area contributed by atoms with Gasteiger partial charge in [0.15, 0.2) is 0 Å². The van der Waals surface area contributed by atoms with E-state index < -0.39 is 0 Å². The summed E-state index contributed by atoms with van der Waals surface area (Å²) < 4.78 is 6.60. The Morgan fingerprint density at radius 3 is 2.66 bits per heavy atom. The lowest BCUT2D eigenvalue weighted by atomic mass is 9.82. The van der Waals surface area contributed by atoms with E-state index in [1.807, 2.05) is 12.3 Å². The maximum absolute atomic E-state index is 12.4. The first kappa shape index (κ1) is 21.3. The highest BCUT2D eigenvalue weighted by Crippen LogP contribution is 2.42. The number of aromatic nitrogens is 1. The molecule has 3 aliphatic rings. The van der Waals surface area contributed by atoms with Gasteiger partial charge in [-0.05, 0) is 67.5 Å². The molecule has 1 amide bonds. The van der Waals surface area contributed by atoms with Crippen LogP contribution in [0.5, 0.6) is 5.75 Å². The molecule has 6 rings (SSSR count). The fraction of sp³-hybridized carbons (Fsp3) is 0.407. The zero-order chi connectivity index (χ0) is 21.0. The molecule has 166 valence electrons. The molecule has 0 unspecified atom stereocenters. The number of amides is 1. The first-order valence-corrected chi connectivity index (χ1v) is 11.6. The minimum Gasteiger partial charge on any atom is -0.487 e. The molecular formula is C27H29ClN2O2. The number of benzene rings is 2. The van der Waals surface area contributed by atoms with Gasteiger partial charge in [-0.2, -0.15) is 0 Å². The fourth-order valence-corrected chi connectivity index (χ4v) is 5.33. The van der Waals surface area contributed by atoms with Crippen LogP contribution in [-0.4, -0.2) is 34.5 Å². The van der Waals surface area contributed by atoms with Gasteiger partial charge in [0, 0.05) is 49.0 Å². The third-order valence-corrected chi connectivity index (χ3v) is 7.51. The molecule has 0 atom stereocenters. The lowest BCUT2D eigenvalue weighted by Crippen LogP contribution is -2.51. The van der Waals surface area contributed by atoms with Crippen LogP contribution in [0.25, 0.3) is 22.0 Å². The minimum absolute atomic E-state index is 0. The van der Waals surface area contributed by atoms with E-state index >= 15 is 0 Å². The molecule has 2 aliphatic heterocycles. The Kier molecular flexibility index (Phi) is 5.37. The Bertz CT molecular complexity index is 1180. The Morgan fingerprint density at radius 2 is 1.88 bits per heavy atom. The maximum Gasteiger partial charge on any atom is 0.225 e. The summed E-state index contributed by atoms with van der Waals surface area (Å²) in [5.74, 6) is 1.70. The SMILES string of the molecule is Cc1c(-c2ccc3c(c2)CCC2(CCN(C(=O)C4CC4)CC2)O3)cnc2ccccc12.Cl. The summed E-state index contributed by atoms with van der Waals surface area (Å²) in [4.78, 5) is 19.1. The number of fused-ring (bicyclic) bond motifs is 2. The van der Waals surface area contributed by atoms with E-state index in [0.717, 1.165) is 62.9 Å². The maximum atomic E-state index is 12.4. The second-order valence-electron chi connectivity index (χ2n) is 9.52. The molecule has 1 saturated carbocycles. The van der Waals surface area contributed by atoms with Crippen molar-refractivity contribution in [1.82, 2.24) is 9.88 Å². The number of halogens is 1. The second-order valence-corrected chi connectivity index (χ2v) is 9.52. The largest absolute Gasteiger partial charge is 0.487 e. The van der Waals surface area contributed by atoms with Crippen molar-refractivity contribution in [1.29, 1.82) is 0 Å². The summed E-state index contributed by atoms with van der Waals surface area (Å²) in [6.45, 7) is 3.86. The smallest absolute Gasteiger partial charge is 0.225 e. The zero-order valence-electron chi connectivity index (χ0n) is 18.5. The van der Waals surface area contributed by atoms with Crippen molar-refractivity contribution in [3.8, 4) is 16.9 Å². The van der Waals surface area contributed by atoms with Crippen molar-refractivity contribution in [2.75, 3.05) is 13.1 Å². The normalized spacial score (nSPS) is 19.2. The molecule has 32 heavy (non-hydrogen) atoms. The predicted octanol–water partition coefficient (Wildman–Crippen LogP) is 5.73. The third-order valence-electron chi connectivity index (χ3n) is 7.51. The average molecular weight is 449 g/mol. The summed E-state index contributed by atoms with van der Waals surface area (Å²) in [5.41, 5.74) is 5.89. The molecular weight excluding hydrogens is 420 g/mol. The highest BCUT2D eigenvalue weighted by molar-refractivity contribution is 5.88. The minimum atomic E-state index is -0.102. The Labute approximate surface area is 195 Å². The molecule has 0 bridgehead atoms. The molecule has 1 saturated heterocycles. The Balaban J connectivity index is 0.00000216. The number of nitrogens with zero attached hydrogens (tertiary/aromatic N) is 2. The number of carbonyl (C=O) groups excluding carboxylic acids is 1. The van der Waals surface area contributed by atoms with Crippen molar-refractivity contribution < 1.29 is 9.53 Å². The number of para-hydroxylation sites is 1. The standard InChI is InChI=1S/C27H28N2O2.ClH/c1-18-22-4-2-3-5-24(22)28-17-23(18)20-8-9-25-21(16-20)10-11-27(31-25)12-14-29(15-13-27)26(30)19-6-7-19;/h2-5,8-9,16-17,19H,6-7,10-15H2,1H3;1H. The van der Waals surface area contributed by atoms with E-state index in [1.54, 1.807) is 0 Å². The summed E-state index contributed by atoms with van der Waals surface area (Å²) >= 11 is 0. The first-order chi connectivity index (χ1) is 15.1. The van der Waals surface area contributed by atoms with Gasteiger partial charge in [-0.1, -0.05) is 24.3 Å². The molecule has 3 heterocycles. The van der Waals surface area contributed by atoms with Gasteiger partial charge in [-0.25, -0.2) is 0 Å². The molecule has 1 aromatic heterocycles. The van der Waals surface area contributed by atoms with Gasteiger partial charge < -0.3 is 9.64 Å². The van der Waals surface area contributed by atoms with Gasteiger partial charge in [-0.15, -0.1) is 12.4 Å². The van der Waals surface area contributed by atoms with E-state index in [9.17, 15) is 4.79 Å². The van der Waals surface area contributed by atoms with E-state index in [2.05, 4.69) is 53.2 Å². The van der Waals surface area contributed by atoms with Crippen LogP contribution >= 0.6 is 12.4 Å². The molecule has 1 spiro atoms. The second kappa shape index (κ2) is 8.08. The lowest BCUT2D eigenvalue weighted by molar-refractivity contribution is -0.136. The number of carbonyl (C=O) groups is 1. The molecule has 1 aliphatic carbocycles. The highest BCUT2D eigenvalue weighted by Gasteiger charge is 2.42. The molecule has 0 N–H and O–H groups in total. The van der Waals surface area contributed by atoms with Crippen LogP contribution in [0.4, 0.5) is 0 Å². The van der Waals surface area contributed by atoms with Gasteiger partial charge in [0.1, 0.15) is 11.4 Å². The predicted molar refractivity (Wildman–Crippen MR) is 129 cm³/mol. The topological polar surface area (TPSA) is 42.4 Å². The molecule has 2 aromatic carbocycles. The summed E-state index contributed by atoms with van der Waals surface area (Å²) in [5, 5.41) is 1.21. The average Bonchev–Trinajstić information content (AvgIpc) is 3.65. The van der Waals surface area contributed by atoms with Crippen LogP contribution in [0.2, 0.25) is 0 Å². The number of pyridine rings is 1. The number of rotatable bonds is 2. The molecule has 4 nitrogen and oxygen atoms in total. The van der Waals surface area contributed by atoms with Crippen LogP contribution in [0.15, 0.2) is 48.7 Å². The van der Waals surface area contributed by atoms with Gasteiger partial charge in [0.05, 0.1) is 5.52 Å². The van der Waals surface area contributed by atoms with Crippen molar-refractivity contribution in [2.24, 2.45) is 5.92 Å². The molecule has 3 aromatic rings. The number of likely N-dealkylation sites (tertiary alicyclic amines) is 1. The lowest BCUT2D eigenvalue weighted by Gasteiger charge is -2.44. The van der Waals surface area contributed by atoms with Crippen molar-refractivity contribution in [3.63, 3.8) is 0 Å². The zero-order valence-corrected chi connectivity index (χ0v) is 19.3. The molecule has 0 radical (unpaired) electrons. The number of hydrogen-bond donors (Lipinski definition) is 0. The Morgan fingerprint density at radius 1 is 1.09 bits per heavy atom. The Hall–Kier alpha value is -2.59. The quantitative estimate of drug-likeness (QED) is 0.503. The van der Waals surface area contributed by atoms with Gasteiger partial charge in [-0.3, -0.25) is 9.78 Å². The summed E-state index contributed by atoms with van der Waals surface area (Å²) in [6, 6.07) is 14.9.